The third kappa shape index (κ3) is 2.59. The summed E-state index contributed by atoms with van der Waals surface area (Å²) in [4.78, 5) is 8.82. The lowest BCUT2D eigenvalue weighted by Crippen LogP contribution is -2.31. The summed E-state index contributed by atoms with van der Waals surface area (Å²) in [5.74, 6) is 1.94. The molecule has 0 spiro atoms. The quantitative estimate of drug-likeness (QED) is 0.836. The Balaban J connectivity index is 1.75. The van der Waals surface area contributed by atoms with Crippen LogP contribution < -0.4 is 10.6 Å². The fourth-order valence-corrected chi connectivity index (χ4v) is 3.23. The van der Waals surface area contributed by atoms with Gasteiger partial charge in [-0.15, -0.1) is 0 Å². The van der Waals surface area contributed by atoms with Crippen LogP contribution in [-0.4, -0.2) is 34.8 Å². The van der Waals surface area contributed by atoms with Crippen molar-refractivity contribution in [2.24, 2.45) is 0 Å². The van der Waals surface area contributed by atoms with Crippen LogP contribution in [0.1, 0.15) is 45.1 Å². The standard InChI is InChI=1S/C15H24N4O/c1-3-7-16-14-11(4-2)15(18-9-17-14)19-12-8-10-5-6-13(12)20-10/h9-10,12-13H,3-8H2,1-2H3,(H2,16,17,18,19). The molecule has 2 bridgehead atoms. The van der Waals surface area contributed by atoms with E-state index in [1.165, 1.54) is 18.4 Å². The molecule has 3 rings (SSSR count). The normalized spacial score (nSPS) is 27.8. The minimum atomic E-state index is 0.367. The maximum absolute atomic E-state index is 5.90. The number of ether oxygens (including phenoxy) is 1. The van der Waals surface area contributed by atoms with Crippen LogP contribution in [0.3, 0.4) is 0 Å². The zero-order valence-corrected chi connectivity index (χ0v) is 12.4. The molecule has 0 radical (unpaired) electrons. The molecule has 5 nitrogen and oxygen atoms in total. The minimum absolute atomic E-state index is 0.367. The van der Waals surface area contributed by atoms with Crippen molar-refractivity contribution in [1.82, 2.24) is 9.97 Å². The van der Waals surface area contributed by atoms with Crippen LogP contribution in [-0.2, 0) is 11.2 Å². The van der Waals surface area contributed by atoms with Crippen LogP contribution in [0, 0.1) is 0 Å². The van der Waals surface area contributed by atoms with E-state index < -0.39 is 0 Å². The Labute approximate surface area is 120 Å². The second kappa shape index (κ2) is 5.95. The lowest BCUT2D eigenvalue weighted by Gasteiger charge is -2.22. The van der Waals surface area contributed by atoms with Crippen LogP contribution in [0.15, 0.2) is 6.33 Å². The molecule has 1 aromatic heterocycles. The Morgan fingerprint density at radius 2 is 2.10 bits per heavy atom. The van der Waals surface area contributed by atoms with E-state index in [2.05, 4.69) is 34.4 Å². The summed E-state index contributed by atoms with van der Waals surface area (Å²) in [6.07, 6.45) is 8.00. The topological polar surface area (TPSA) is 59.1 Å². The summed E-state index contributed by atoms with van der Waals surface area (Å²) in [6, 6.07) is 0.410. The highest BCUT2D eigenvalue weighted by Crippen LogP contribution is 2.36. The molecule has 5 heteroatoms. The molecule has 2 aliphatic heterocycles. The second-order valence-corrected chi connectivity index (χ2v) is 5.69. The third-order valence-corrected chi connectivity index (χ3v) is 4.27. The van der Waals surface area contributed by atoms with Crippen LogP contribution in [0.2, 0.25) is 0 Å². The third-order valence-electron chi connectivity index (χ3n) is 4.27. The number of hydrogen-bond acceptors (Lipinski definition) is 5. The molecule has 0 amide bonds. The first kappa shape index (κ1) is 13.6. The van der Waals surface area contributed by atoms with Crippen molar-refractivity contribution in [3.63, 3.8) is 0 Å². The number of anilines is 2. The highest BCUT2D eigenvalue weighted by Gasteiger charge is 2.41. The number of rotatable bonds is 6. The molecule has 0 saturated carbocycles. The summed E-state index contributed by atoms with van der Waals surface area (Å²) >= 11 is 0. The molecule has 0 aliphatic carbocycles. The number of hydrogen-bond donors (Lipinski definition) is 2. The fraction of sp³-hybridized carbons (Fsp3) is 0.733. The van der Waals surface area contributed by atoms with Gasteiger partial charge in [-0.25, -0.2) is 9.97 Å². The molecule has 3 heterocycles. The average molecular weight is 276 g/mol. The van der Waals surface area contributed by atoms with Crippen LogP contribution in [0.25, 0.3) is 0 Å². The molecule has 2 saturated heterocycles. The van der Waals surface area contributed by atoms with Gasteiger partial charge in [0.25, 0.3) is 0 Å². The smallest absolute Gasteiger partial charge is 0.135 e. The van der Waals surface area contributed by atoms with Gasteiger partial charge in [0, 0.05) is 12.1 Å². The van der Waals surface area contributed by atoms with Gasteiger partial charge in [-0.3, -0.25) is 0 Å². The molecular weight excluding hydrogens is 252 g/mol. The van der Waals surface area contributed by atoms with Crippen LogP contribution in [0.4, 0.5) is 11.6 Å². The molecular formula is C15H24N4O. The lowest BCUT2D eigenvalue weighted by atomic mass is 9.95. The summed E-state index contributed by atoms with van der Waals surface area (Å²) in [5.41, 5.74) is 1.18. The summed E-state index contributed by atoms with van der Waals surface area (Å²) < 4.78 is 5.90. The zero-order chi connectivity index (χ0) is 13.9. The second-order valence-electron chi connectivity index (χ2n) is 5.69. The van der Waals surface area contributed by atoms with E-state index in [1.807, 2.05) is 0 Å². The van der Waals surface area contributed by atoms with E-state index in [4.69, 9.17) is 4.74 Å². The average Bonchev–Trinajstić information content (AvgIpc) is 3.07. The van der Waals surface area contributed by atoms with Gasteiger partial charge in [0.2, 0.25) is 0 Å². The Morgan fingerprint density at radius 1 is 1.25 bits per heavy atom. The number of nitrogens with one attached hydrogen (secondary N) is 2. The predicted octanol–water partition coefficient (Wildman–Crippen LogP) is 2.59. The zero-order valence-electron chi connectivity index (χ0n) is 12.4. The van der Waals surface area contributed by atoms with Crippen molar-refractivity contribution < 1.29 is 4.74 Å². The molecule has 1 aromatic rings. The van der Waals surface area contributed by atoms with E-state index in [0.29, 0.717) is 18.2 Å². The minimum Gasteiger partial charge on any atom is -0.373 e. The van der Waals surface area contributed by atoms with Crippen molar-refractivity contribution in [2.45, 2.75) is 64.2 Å². The highest BCUT2D eigenvalue weighted by atomic mass is 16.5. The van der Waals surface area contributed by atoms with Crippen molar-refractivity contribution in [2.75, 3.05) is 17.2 Å². The van der Waals surface area contributed by atoms with Gasteiger partial charge in [0.15, 0.2) is 0 Å². The van der Waals surface area contributed by atoms with Crippen molar-refractivity contribution in [3.05, 3.63) is 11.9 Å². The van der Waals surface area contributed by atoms with E-state index in [0.717, 1.165) is 37.4 Å². The van der Waals surface area contributed by atoms with Crippen molar-refractivity contribution >= 4 is 11.6 Å². The molecule has 2 N–H and O–H groups in total. The van der Waals surface area contributed by atoms with Gasteiger partial charge in [-0.05, 0) is 32.1 Å². The first-order valence-corrected chi connectivity index (χ1v) is 7.81. The van der Waals surface area contributed by atoms with E-state index in [1.54, 1.807) is 6.33 Å². The summed E-state index contributed by atoms with van der Waals surface area (Å²) in [7, 11) is 0. The first-order valence-electron chi connectivity index (χ1n) is 7.81. The predicted molar refractivity (Wildman–Crippen MR) is 80.1 cm³/mol. The Kier molecular flexibility index (Phi) is 4.05. The Bertz CT molecular complexity index is 465. The van der Waals surface area contributed by atoms with E-state index in [-0.39, 0.29) is 0 Å². The molecule has 3 unspecified atom stereocenters. The Morgan fingerprint density at radius 3 is 2.75 bits per heavy atom. The fourth-order valence-electron chi connectivity index (χ4n) is 3.23. The number of aromatic nitrogens is 2. The first-order chi connectivity index (χ1) is 9.81. The lowest BCUT2D eigenvalue weighted by molar-refractivity contribution is 0.102. The molecule has 0 aromatic carbocycles. The maximum atomic E-state index is 5.90. The monoisotopic (exact) mass is 276 g/mol. The number of nitrogens with zero attached hydrogens (tertiary/aromatic N) is 2. The molecule has 2 fully saturated rings. The highest BCUT2D eigenvalue weighted by molar-refractivity contribution is 5.58. The maximum Gasteiger partial charge on any atom is 0.135 e. The number of fused-ring (bicyclic) bond motifs is 2. The van der Waals surface area contributed by atoms with Gasteiger partial charge in [0.05, 0.1) is 18.2 Å². The van der Waals surface area contributed by atoms with Crippen LogP contribution in [0.5, 0.6) is 0 Å². The molecule has 110 valence electrons. The van der Waals surface area contributed by atoms with Gasteiger partial charge in [-0.1, -0.05) is 13.8 Å². The van der Waals surface area contributed by atoms with E-state index >= 15 is 0 Å². The van der Waals surface area contributed by atoms with Gasteiger partial charge < -0.3 is 15.4 Å². The van der Waals surface area contributed by atoms with Crippen LogP contribution >= 0.6 is 0 Å². The van der Waals surface area contributed by atoms with Crippen molar-refractivity contribution in [1.29, 1.82) is 0 Å². The molecule has 2 aliphatic rings. The van der Waals surface area contributed by atoms with Gasteiger partial charge >= 0.3 is 0 Å². The van der Waals surface area contributed by atoms with Gasteiger partial charge in [-0.2, -0.15) is 0 Å². The molecule has 20 heavy (non-hydrogen) atoms. The summed E-state index contributed by atoms with van der Waals surface area (Å²) in [6.45, 7) is 5.25. The SMILES string of the molecule is CCCNc1ncnc(NC2CC3CCC2O3)c1CC. The van der Waals surface area contributed by atoms with Gasteiger partial charge in [0.1, 0.15) is 18.0 Å². The van der Waals surface area contributed by atoms with Crippen molar-refractivity contribution in [3.8, 4) is 0 Å². The largest absolute Gasteiger partial charge is 0.373 e. The molecule has 3 atom stereocenters. The summed E-state index contributed by atoms with van der Waals surface area (Å²) in [5, 5.41) is 6.98. The Hall–Kier alpha value is -1.36. The van der Waals surface area contributed by atoms with E-state index in [9.17, 15) is 0 Å².